The molecular weight excluding hydrogens is 414 g/mol. The molecule has 158 valence electrons. The molecule has 1 N–H and O–H groups in total. The number of fused-ring (bicyclic) bond motifs is 1. The minimum atomic E-state index is -4.13. The molecule has 0 aliphatic heterocycles. The Morgan fingerprint density at radius 3 is 2.71 bits per heavy atom. The third-order valence-electron chi connectivity index (χ3n) is 5.31. The van der Waals surface area contributed by atoms with Crippen molar-refractivity contribution in [3.8, 4) is 18.1 Å². The molecule has 2 aromatic carbocycles. The van der Waals surface area contributed by atoms with Crippen LogP contribution in [0.2, 0.25) is 0 Å². The summed E-state index contributed by atoms with van der Waals surface area (Å²) in [6, 6.07) is 9.89. The lowest BCUT2D eigenvalue weighted by Gasteiger charge is -2.13. The van der Waals surface area contributed by atoms with Gasteiger partial charge in [0.15, 0.2) is 0 Å². The Bertz CT molecular complexity index is 1290. The third-order valence-corrected chi connectivity index (χ3v) is 6.67. The van der Waals surface area contributed by atoms with Gasteiger partial charge in [0.1, 0.15) is 10.6 Å². The van der Waals surface area contributed by atoms with E-state index < -0.39 is 15.9 Å². The van der Waals surface area contributed by atoms with Gasteiger partial charge in [-0.25, -0.2) is 13.1 Å². The normalized spacial score (nSPS) is 12.8. The van der Waals surface area contributed by atoms with Crippen LogP contribution in [0.3, 0.4) is 0 Å². The highest BCUT2D eigenvalue weighted by Crippen LogP contribution is 2.32. The van der Waals surface area contributed by atoms with E-state index in [-0.39, 0.29) is 16.2 Å². The maximum atomic E-state index is 13.0. The number of amides is 1. The van der Waals surface area contributed by atoms with E-state index in [2.05, 4.69) is 15.7 Å². The number of methoxy groups -OCH3 is 1. The first-order valence-corrected chi connectivity index (χ1v) is 11.2. The average molecular weight is 436 g/mol. The molecule has 1 amide bonds. The second-order valence-corrected chi connectivity index (χ2v) is 8.93. The predicted octanol–water partition coefficient (Wildman–Crippen LogP) is 2.53. The molecule has 0 saturated carbocycles. The molecule has 0 radical (unpaired) electrons. The number of terminal acetylenes is 1. The Morgan fingerprint density at radius 2 is 2.03 bits per heavy atom. The molecule has 31 heavy (non-hydrogen) atoms. The van der Waals surface area contributed by atoms with Crippen LogP contribution < -0.4 is 9.46 Å². The lowest BCUT2D eigenvalue weighted by atomic mass is 10.0. The van der Waals surface area contributed by atoms with Crippen molar-refractivity contribution < 1.29 is 17.9 Å². The van der Waals surface area contributed by atoms with Crippen LogP contribution in [-0.4, -0.2) is 31.2 Å². The minimum Gasteiger partial charge on any atom is -0.495 e. The fourth-order valence-corrected chi connectivity index (χ4v) is 4.92. The Labute approximate surface area is 181 Å². The molecule has 7 nitrogen and oxygen atoms in total. The van der Waals surface area contributed by atoms with Gasteiger partial charge in [-0.3, -0.25) is 9.48 Å². The van der Waals surface area contributed by atoms with Crippen LogP contribution >= 0.6 is 0 Å². The first-order chi connectivity index (χ1) is 14.9. The van der Waals surface area contributed by atoms with Gasteiger partial charge < -0.3 is 4.74 Å². The summed E-state index contributed by atoms with van der Waals surface area (Å²) in [7, 11) is -2.72. The van der Waals surface area contributed by atoms with E-state index in [9.17, 15) is 13.2 Å². The molecule has 1 aliphatic rings. The summed E-state index contributed by atoms with van der Waals surface area (Å²) in [6.07, 6.45) is 11.7. The average Bonchev–Trinajstić information content (AvgIpc) is 3.44. The molecule has 1 heterocycles. The van der Waals surface area contributed by atoms with Crippen molar-refractivity contribution in [1.29, 1.82) is 0 Å². The van der Waals surface area contributed by atoms with Crippen LogP contribution in [0.25, 0.3) is 0 Å². The summed E-state index contributed by atoms with van der Waals surface area (Å²) >= 11 is 0. The van der Waals surface area contributed by atoms with Crippen LogP contribution in [0.15, 0.2) is 53.7 Å². The molecule has 0 atom stereocenters. The van der Waals surface area contributed by atoms with Gasteiger partial charge in [-0.15, -0.1) is 6.42 Å². The number of sulfonamides is 1. The van der Waals surface area contributed by atoms with E-state index >= 15 is 0 Å². The second kappa shape index (κ2) is 8.28. The SMILES string of the molecule is C#Cc1cc(C(=O)NS(=O)(=O)c2cc3c(cc2OC)CCC3)ccc1Cn1cccn1. The molecule has 1 aliphatic carbocycles. The van der Waals surface area contributed by atoms with Crippen molar-refractivity contribution in [2.24, 2.45) is 0 Å². The van der Waals surface area contributed by atoms with Crippen molar-refractivity contribution in [2.45, 2.75) is 30.7 Å². The monoisotopic (exact) mass is 435 g/mol. The standard InChI is InChI=1S/C23H21N3O4S/c1-3-16-12-19(8-9-20(16)15-26-11-5-10-24-26)23(27)25-31(28,29)22-14-18-7-4-6-17(18)13-21(22)30-2/h1,5,8-14H,4,6-7,15H2,2H3,(H,25,27). The summed E-state index contributed by atoms with van der Waals surface area (Å²) in [5.74, 6) is 2.02. The van der Waals surface area contributed by atoms with E-state index in [4.69, 9.17) is 11.2 Å². The maximum absolute atomic E-state index is 13.0. The maximum Gasteiger partial charge on any atom is 0.268 e. The lowest BCUT2D eigenvalue weighted by Crippen LogP contribution is -2.31. The Balaban J connectivity index is 1.60. The Morgan fingerprint density at radius 1 is 1.26 bits per heavy atom. The number of ether oxygens (including phenoxy) is 1. The van der Waals surface area contributed by atoms with Gasteiger partial charge in [0.25, 0.3) is 15.9 Å². The third kappa shape index (κ3) is 4.18. The van der Waals surface area contributed by atoms with Crippen LogP contribution in [0.1, 0.15) is 39.0 Å². The van der Waals surface area contributed by atoms with Gasteiger partial charge in [-0.2, -0.15) is 5.10 Å². The van der Waals surface area contributed by atoms with Gasteiger partial charge in [0, 0.05) is 23.5 Å². The van der Waals surface area contributed by atoms with Crippen molar-refractivity contribution >= 4 is 15.9 Å². The summed E-state index contributed by atoms with van der Waals surface area (Å²) in [5, 5.41) is 4.15. The van der Waals surface area contributed by atoms with E-state index in [0.717, 1.165) is 36.0 Å². The van der Waals surface area contributed by atoms with Crippen molar-refractivity contribution in [1.82, 2.24) is 14.5 Å². The fourth-order valence-electron chi connectivity index (χ4n) is 3.74. The zero-order chi connectivity index (χ0) is 22.0. The van der Waals surface area contributed by atoms with Gasteiger partial charge >= 0.3 is 0 Å². The molecule has 0 fully saturated rings. The van der Waals surface area contributed by atoms with Crippen LogP contribution in [0.5, 0.6) is 5.75 Å². The molecule has 0 spiro atoms. The first-order valence-electron chi connectivity index (χ1n) is 9.75. The molecule has 1 aromatic heterocycles. The number of carbonyl (C=O) groups is 1. The molecule has 4 rings (SSSR count). The highest BCUT2D eigenvalue weighted by atomic mass is 32.2. The molecule has 0 unspecified atom stereocenters. The topological polar surface area (TPSA) is 90.3 Å². The van der Waals surface area contributed by atoms with Crippen molar-refractivity contribution in [3.63, 3.8) is 0 Å². The van der Waals surface area contributed by atoms with Crippen molar-refractivity contribution in [3.05, 3.63) is 76.6 Å². The summed E-state index contributed by atoms with van der Waals surface area (Å²) in [6.45, 7) is 0.444. The van der Waals surface area contributed by atoms with Gasteiger partial charge in [0.05, 0.1) is 13.7 Å². The van der Waals surface area contributed by atoms with Crippen LogP contribution in [0, 0.1) is 12.3 Å². The van der Waals surface area contributed by atoms with Gasteiger partial charge in [-0.05, 0) is 66.3 Å². The van der Waals surface area contributed by atoms with Gasteiger partial charge in [0.2, 0.25) is 0 Å². The second-order valence-electron chi connectivity index (χ2n) is 7.28. The van der Waals surface area contributed by atoms with Crippen LogP contribution in [0.4, 0.5) is 0 Å². The quantitative estimate of drug-likeness (QED) is 0.601. The molecular formula is C23H21N3O4S. The van der Waals surface area contributed by atoms with E-state index in [1.807, 2.05) is 0 Å². The minimum absolute atomic E-state index is 0.0449. The molecule has 8 heteroatoms. The number of carbonyl (C=O) groups excluding carboxylic acids is 1. The highest BCUT2D eigenvalue weighted by molar-refractivity contribution is 7.90. The van der Waals surface area contributed by atoms with Gasteiger partial charge in [-0.1, -0.05) is 12.0 Å². The Hall–Kier alpha value is -3.57. The summed E-state index contributed by atoms with van der Waals surface area (Å²) < 4.78 is 35.1. The fraction of sp³-hybridized carbons (Fsp3) is 0.217. The van der Waals surface area contributed by atoms with E-state index in [0.29, 0.717) is 12.1 Å². The Kier molecular flexibility index (Phi) is 5.53. The zero-order valence-electron chi connectivity index (χ0n) is 17.0. The number of nitrogens with one attached hydrogen (secondary N) is 1. The molecule has 3 aromatic rings. The number of nitrogens with zero attached hydrogens (tertiary/aromatic N) is 2. The summed E-state index contributed by atoms with van der Waals surface area (Å²) in [4.78, 5) is 12.7. The number of benzene rings is 2. The van der Waals surface area contributed by atoms with E-state index in [1.54, 1.807) is 47.4 Å². The number of aryl methyl sites for hydroxylation is 2. The lowest BCUT2D eigenvalue weighted by molar-refractivity contribution is 0.0981. The zero-order valence-corrected chi connectivity index (χ0v) is 17.8. The molecule has 0 saturated heterocycles. The number of hydrogen-bond donors (Lipinski definition) is 1. The van der Waals surface area contributed by atoms with E-state index in [1.165, 1.54) is 13.2 Å². The molecule has 0 bridgehead atoms. The van der Waals surface area contributed by atoms with Crippen LogP contribution in [-0.2, 0) is 29.4 Å². The smallest absolute Gasteiger partial charge is 0.268 e. The highest BCUT2D eigenvalue weighted by Gasteiger charge is 2.26. The number of hydrogen-bond acceptors (Lipinski definition) is 5. The summed E-state index contributed by atoms with van der Waals surface area (Å²) in [5.41, 5.74) is 3.49. The number of aromatic nitrogens is 2. The first kappa shape index (κ1) is 20.7. The van der Waals surface area contributed by atoms with Crippen molar-refractivity contribution in [2.75, 3.05) is 7.11 Å². The number of rotatable bonds is 6. The predicted molar refractivity (Wildman–Crippen MR) is 115 cm³/mol. The largest absolute Gasteiger partial charge is 0.495 e.